The molecule has 1 saturated heterocycles. The molecular weight excluding hydrogens is 417 g/mol. The maximum atomic E-state index is 13.6. The van der Waals surface area contributed by atoms with Crippen LogP contribution in [0.4, 0.5) is 15.9 Å². The molecule has 2 N–H and O–H groups in total. The standard InChI is InChI=1S/C22H28FN5O2S/c1-3-10-24-22(30)16-5-4-11-28(13-16)19-8-9-21(27-26-19)31-14-20(29)25-17-7-6-15(2)18(23)12-17/h6-9,12,16H,3-5,10-11,13-14H2,1-2H3,(H,24,30)(H,25,29). The SMILES string of the molecule is CCCNC(=O)C1CCCN(c2ccc(SCC(=O)Nc3ccc(C)c(F)c3)nn2)C1. The number of amides is 2. The van der Waals surface area contributed by atoms with Crippen LogP contribution in [0.3, 0.4) is 0 Å². The summed E-state index contributed by atoms with van der Waals surface area (Å²) in [6.45, 7) is 5.88. The highest BCUT2D eigenvalue weighted by molar-refractivity contribution is 7.99. The van der Waals surface area contributed by atoms with Gasteiger partial charge in [-0.1, -0.05) is 24.8 Å². The van der Waals surface area contributed by atoms with Crippen LogP contribution in [0.25, 0.3) is 0 Å². The van der Waals surface area contributed by atoms with Gasteiger partial charge in [0.15, 0.2) is 5.82 Å². The third-order valence-electron chi connectivity index (χ3n) is 5.10. The summed E-state index contributed by atoms with van der Waals surface area (Å²) in [5.41, 5.74) is 0.960. The van der Waals surface area contributed by atoms with Crippen molar-refractivity contribution in [1.82, 2.24) is 15.5 Å². The van der Waals surface area contributed by atoms with Gasteiger partial charge < -0.3 is 15.5 Å². The Morgan fingerprint density at radius 2 is 2.10 bits per heavy atom. The summed E-state index contributed by atoms with van der Waals surface area (Å²) in [6.07, 6.45) is 2.74. The molecule has 1 aromatic heterocycles. The van der Waals surface area contributed by atoms with Gasteiger partial charge in [-0.15, -0.1) is 10.2 Å². The van der Waals surface area contributed by atoms with Crippen molar-refractivity contribution >= 4 is 35.1 Å². The second kappa shape index (κ2) is 11.1. The summed E-state index contributed by atoms with van der Waals surface area (Å²) in [5.74, 6) is 0.354. The smallest absolute Gasteiger partial charge is 0.234 e. The summed E-state index contributed by atoms with van der Waals surface area (Å²) in [7, 11) is 0. The molecule has 9 heteroatoms. The first-order valence-corrected chi connectivity index (χ1v) is 11.5. The van der Waals surface area contributed by atoms with Crippen molar-refractivity contribution in [1.29, 1.82) is 0 Å². The molecule has 1 aliphatic rings. The predicted molar refractivity (Wildman–Crippen MR) is 121 cm³/mol. The van der Waals surface area contributed by atoms with Gasteiger partial charge in [-0.2, -0.15) is 0 Å². The highest BCUT2D eigenvalue weighted by atomic mass is 32.2. The first-order chi connectivity index (χ1) is 15.0. The highest BCUT2D eigenvalue weighted by Crippen LogP contribution is 2.23. The number of aryl methyl sites for hydroxylation is 1. The van der Waals surface area contributed by atoms with E-state index in [0.29, 0.717) is 29.4 Å². The average Bonchev–Trinajstić information content (AvgIpc) is 2.79. The molecule has 166 valence electrons. The molecule has 0 radical (unpaired) electrons. The van der Waals surface area contributed by atoms with E-state index in [1.54, 1.807) is 19.1 Å². The number of benzene rings is 1. The van der Waals surface area contributed by atoms with E-state index >= 15 is 0 Å². The molecule has 1 atom stereocenters. The highest BCUT2D eigenvalue weighted by Gasteiger charge is 2.26. The Morgan fingerprint density at radius 1 is 1.26 bits per heavy atom. The van der Waals surface area contributed by atoms with Crippen molar-refractivity contribution in [3.63, 3.8) is 0 Å². The molecule has 3 rings (SSSR count). The monoisotopic (exact) mass is 445 g/mol. The number of hydrogen-bond donors (Lipinski definition) is 2. The molecule has 2 aromatic rings. The molecule has 1 aliphatic heterocycles. The van der Waals surface area contributed by atoms with Crippen LogP contribution in [0.15, 0.2) is 35.4 Å². The molecule has 1 unspecified atom stereocenters. The molecular formula is C22H28FN5O2S. The van der Waals surface area contributed by atoms with Crippen LogP contribution < -0.4 is 15.5 Å². The number of carbonyl (C=O) groups is 2. The minimum absolute atomic E-state index is 0.0357. The Balaban J connectivity index is 1.49. The summed E-state index contributed by atoms with van der Waals surface area (Å²) in [5, 5.41) is 14.8. The minimum Gasteiger partial charge on any atom is -0.356 e. The number of aromatic nitrogens is 2. The van der Waals surface area contributed by atoms with Crippen molar-refractivity contribution in [2.24, 2.45) is 5.92 Å². The van der Waals surface area contributed by atoms with Crippen molar-refractivity contribution in [3.05, 3.63) is 41.7 Å². The Hall–Kier alpha value is -2.68. The van der Waals surface area contributed by atoms with Gasteiger partial charge >= 0.3 is 0 Å². The maximum absolute atomic E-state index is 13.6. The summed E-state index contributed by atoms with van der Waals surface area (Å²) >= 11 is 1.26. The molecule has 1 aromatic carbocycles. The van der Waals surface area contributed by atoms with Gasteiger partial charge in [0, 0.05) is 25.3 Å². The van der Waals surface area contributed by atoms with Crippen LogP contribution in [0.1, 0.15) is 31.7 Å². The molecule has 0 saturated carbocycles. The van der Waals surface area contributed by atoms with Gasteiger partial charge in [0.25, 0.3) is 0 Å². The fourth-order valence-corrected chi connectivity index (χ4v) is 3.97. The Bertz CT molecular complexity index is 909. The zero-order chi connectivity index (χ0) is 22.2. The lowest BCUT2D eigenvalue weighted by atomic mass is 9.97. The molecule has 1 fully saturated rings. The summed E-state index contributed by atoms with van der Waals surface area (Å²) in [6, 6.07) is 8.30. The Labute approximate surface area is 186 Å². The molecule has 0 spiro atoms. The van der Waals surface area contributed by atoms with Gasteiger partial charge in [-0.25, -0.2) is 4.39 Å². The third kappa shape index (κ3) is 6.65. The molecule has 0 bridgehead atoms. The zero-order valence-corrected chi connectivity index (χ0v) is 18.7. The maximum Gasteiger partial charge on any atom is 0.234 e. The molecule has 7 nitrogen and oxygen atoms in total. The fourth-order valence-electron chi connectivity index (χ4n) is 3.36. The first kappa shape index (κ1) is 23.0. The van der Waals surface area contributed by atoms with Crippen molar-refractivity contribution in [3.8, 4) is 0 Å². The molecule has 2 amide bonds. The average molecular weight is 446 g/mol. The van der Waals surface area contributed by atoms with Crippen molar-refractivity contribution in [2.45, 2.75) is 38.1 Å². The number of thioether (sulfide) groups is 1. The normalized spacial score (nSPS) is 16.1. The van der Waals surface area contributed by atoms with E-state index in [1.807, 2.05) is 19.1 Å². The van der Waals surface area contributed by atoms with E-state index in [9.17, 15) is 14.0 Å². The Morgan fingerprint density at radius 3 is 2.81 bits per heavy atom. The Kier molecular flexibility index (Phi) is 8.22. The first-order valence-electron chi connectivity index (χ1n) is 10.5. The number of nitrogens with one attached hydrogen (secondary N) is 2. The van der Waals surface area contributed by atoms with E-state index in [4.69, 9.17) is 0 Å². The minimum atomic E-state index is -0.352. The number of halogens is 1. The van der Waals surface area contributed by atoms with E-state index in [0.717, 1.165) is 31.6 Å². The lowest BCUT2D eigenvalue weighted by molar-refractivity contribution is -0.125. The molecule has 31 heavy (non-hydrogen) atoms. The van der Waals surface area contributed by atoms with E-state index in [2.05, 4.69) is 25.7 Å². The fraction of sp³-hybridized carbons (Fsp3) is 0.455. The van der Waals surface area contributed by atoms with E-state index in [-0.39, 0.29) is 29.3 Å². The van der Waals surface area contributed by atoms with Gasteiger partial charge in [-0.3, -0.25) is 9.59 Å². The van der Waals surface area contributed by atoms with Gasteiger partial charge in [0.1, 0.15) is 10.8 Å². The van der Waals surface area contributed by atoms with Crippen LogP contribution in [-0.4, -0.2) is 47.4 Å². The van der Waals surface area contributed by atoms with Crippen LogP contribution in [0.5, 0.6) is 0 Å². The summed E-state index contributed by atoms with van der Waals surface area (Å²) < 4.78 is 13.6. The van der Waals surface area contributed by atoms with E-state index in [1.165, 1.54) is 17.8 Å². The van der Waals surface area contributed by atoms with Gasteiger partial charge in [0.05, 0.1) is 11.7 Å². The lowest BCUT2D eigenvalue weighted by Crippen LogP contribution is -2.43. The van der Waals surface area contributed by atoms with Crippen molar-refractivity contribution in [2.75, 3.05) is 35.6 Å². The number of hydrogen-bond acceptors (Lipinski definition) is 6. The number of anilines is 2. The van der Waals surface area contributed by atoms with Crippen LogP contribution >= 0.6 is 11.8 Å². The third-order valence-corrected chi connectivity index (χ3v) is 6.02. The number of carbonyl (C=O) groups excluding carboxylic acids is 2. The lowest BCUT2D eigenvalue weighted by Gasteiger charge is -2.32. The summed E-state index contributed by atoms with van der Waals surface area (Å²) in [4.78, 5) is 26.5. The van der Waals surface area contributed by atoms with Crippen molar-refractivity contribution < 1.29 is 14.0 Å². The zero-order valence-electron chi connectivity index (χ0n) is 17.9. The second-order valence-corrected chi connectivity index (χ2v) is 8.60. The predicted octanol–water partition coefficient (Wildman–Crippen LogP) is 3.40. The second-order valence-electron chi connectivity index (χ2n) is 7.61. The number of rotatable bonds is 8. The quantitative estimate of drug-likeness (QED) is 0.606. The molecule has 2 heterocycles. The van der Waals surface area contributed by atoms with Gasteiger partial charge in [0.2, 0.25) is 11.8 Å². The van der Waals surface area contributed by atoms with Crippen LogP contribution in [0, 0.1) is 18.7 Å². The van der Waals surface area contributed by atoms with Crippen LogP contribution in [-0.2, 0) is 9.59 Å². The van der Waals surface area contributed by atoms with Gasteiger partial charge in [-0.05, 0) is 56.0 Å². The number of nitrogens with zero attached hydrogens (tertiary/aromatic N) is 3. The van der Waals surface area contributed by atoms with E-state index < -0.39 is 0 Å². The number of piperidine rings is 1. The van der Waals surface area contributed by atoms with Crippen LogP contribution in [0.2, 0.25) is 0 Å². The molecule has 0 aliphatic carbocycles. The largest absolute Gasteiger partial charge is 0.356 e. The topological polar surface area (TPSA) is 87.2 Å².